The van der Waals surface area contributed by atoms with Gasteiger partial charge < -0.3 is 10.0 Å². The number of nitrogens with zero attached hydrogens (tertiary/aromatic N) is 2. The van der Waals surface area contributed by atoms with Gasteiger partial charge in [0, 0.05) is 17.8 Å². The van der Waals surface area contributed by atoms with E-state index in [1.165, 1.54) is 11.0 Å². The molecule has 2 aromatic rings. The summed E-state index contributed by atoms with van der Waals surface area (Å²) < 4.78 is 25.4. The average Bonchev–Trinajstić information content (AvgIpc) is 2.86. The number of para-hydroxylation sites is 1. The fourth-order valence-electron chi connectivity index (χ4n) is 3.41. The Kier molecular flexibility index (Phi) is 3.40. The van der Waals surface area contributed by atoms with Crippen molar-refractivity contribution in [3.05, 3.63) is 47.7 Å². The van der Waals surface area contributed by atoms with Crippen LogP contribution in [0.25, 0.3) is 10.9 Å². The van der Waals surface area contributed by atoms with Crippen molar-refractivity contribution in [2.24, 2.45) is 0 Å². The van der Waals surface area contributed by atoms with Gasteiger partial charge >= 0.3 is 5.97 Å². The van der Waals surface area contributed by atoms with Crippen LogP contribution < -0.4 is 0 Å². The number of pyridine rings is 1. The second-order valence-corrected chi connectivity index (χ2v) is 8.12. The Hall–Kier alpha value is -2.74. The third-order valence-corrected chi connectivity index (χ3v) is 6.15. The molecule has 0 bridgehead atoms. The Labute approximate surface area is 143 Å². The molecule has 1 aromatic carbocycles. The van der Waals surface area contributed by atoms with E-state index in [-0.39, 0.29) is 41.1 Å². The number of hydrogen-bond donors (Lipinski definition) is 1. The van der Waals surface area contributed by atoms with Crippen LogP contribution >= 0.6 is 0 Å². The normalized spacial score (nSPS) is 19.9. The first-order chi connectivity index (χ1) is 11.9. The maximum atomic E-state index is 12.7. The van der Waals surface area contributed by atoms with Crippen molar-refractivity contribution in [2.45, 2.75) is 23.9 Å². The molecular weight excluding hydrogens is 344 g/mol. The van der Waals surface area contributed by atoms with Gasteiger partial charge in [-0.2, -0.15) is 0 Å². The number of carboxylic acids is 1. The molecule has 2 aliphatic rings. The van der Waals surface area contributed by atoms with Gasteiger partial charge in [0.05, 0.1) is 11.3 Å². The summed E-state index contributed by atoms with van der Waals surface area (Å²) in [6.45, 7) is 0. The molecule has 4 rings (SSSR count). The highest BCUT2D eigenvalue weighted by Crippen LogP contribution is 2.39. The van der Waals surface area contributed by atoms with E-state index in [1.807, 2.05) is 12.1 Å². The lowest BCUT2D eigenvalue weighted by Gasteiger charge is -2.35. The van der Waals surface area contributed by atoms with E-state index >= 15 is 0 Å². The van der Waals surface area contributed by atoms with Gasteiger partial charge in [0.1, 0.15) is 5.70 Å². The summed E-state index contributed by atoms with van der Waals surface area (Å²) in [5.41, 5.74) is 0.630. The molecule has 0 radical (unpaired) electrons. The molecule has 1 amide bonds. The largest absolute Gasteiger partial charge is 0.477 e. The van der Waals surface area contributed by atoms with E-state index in [0.29, 0.717) is 5.52 Å². The number of sulfone groups is 1. The molecule has 2 aliphatic heterocycles. The van der Waals surface area contributed by atoms with Gasteiger partial charge in [0.25, 0.3) is 0 Å². The van der Waals surface area contributed by atoms with Gasteiger partial charge in [-0.3, -0.25) is 4.79 Å². The molecule has 8 heteroatoms. The second kappa shape index (κ2) is 5.38. The SMILES string of the molecule is O=C(O)C1=C(CS(=O)(=O)c2ccc3ccccc3n2)CC2CC(=O)N12. The van der Waals surface area contributed by atoms with Crippen molar-refractivity contribution in [1.82, 2.24) is 9.88 Å². The summed E-state index contributed by atoms with van der Waals surface area (Å²) in [4.78, 5) is 28.5. The van der Waals surface area contributed by atoms with Crippen molar-refractivity contribution in [1.29, 1.82) is 0 Å². The number of fused-ring (bicyclic) bond motifs is 2. The van der Waals surface area contributed by atoms with Crippen LogP contribution in [0.15, 0.2) is 52.7 Å². The zero-order valence-electron chi connectivity index (χ0n) is 13.0. The minimum absolute atomic E-state index is 0.0935. The Bertz CT molecular complexity index is 1060. The van der Waals surface area contributed by atoms with Crippen molar-refractivity contribution < 1.29 is 23.1 Å². The Morgan fingerprint density at radius 2 is 1.96 bits per heavy atom. The highest BCUT2D eigenvalue weighted by atomic mass is 32.2. The monoisotopic (exact) mass is 358 g/mol. The summed E-state index contributed by atoms with van der Waals surface area (Å²) in [7, 11) is -3.81. The molecule has 128 valence electrons. The number of aromatic nitrogens is 1. The van der Waals surface area contributed by atoms with Gasteiger partial charge in [-0.25, -0.2) is 18.2 Å². The van der Waals surface area contributed by atoms with Gasteiger partial charge in [0.15, 0.2) is 14.9 Å². The van der Waals surface area contributed by atoms with Crippen molar-refractivity contribution in [3.8, 4) is 0 Å². The molecule has 1 aromatic heterocycles. The number of carbonyl (C=O) groups is 2. The van der Waals surface area contributed by atoms with Crippen molar-refractivity contribution in [2.75, 3.05) is 5.75 Å². The molecule has 1 unspecified atom stereocenters. The number of β-lactam (4-membered cyclic amide) rings is 1. The lowest BCUT2D eigenvalue weighted by Crippen LogP contribution is -2.49. The highest BCUT2D eigenvalue weighted by Gasteiger charge is 2.48. The summed E-state index contributed by atoms with van der Waals surface area (Å²) >= 11 is 0. The van der Waals surface area contributed by atoms with Crippen LogP contribution in [0.4, 0.5) is 0 Å². The predicted octanol–water partition coefficient (Wildman–Crippen LogP) is 1.35. The van der Waals surface area contributed by atoms with E-state index in [4.69, 9.17) is 0 Å². The fourth-order valence-corrected chi connectivity index (χ4v) is 4.78. The predicted molar refractivity (Wildman–Crippen MR) is 88.3 cm³/mol. The molecule has 1 atom stereocenters. The molecule has 25 heavy (non-hydrogen) atoms. The number of aliphatic carboxylic acids is 1. The number of rotatable bonds is 4. The fraction of sp³-hybridized carbons (Fsp3) is 0.235. The number of carboxylic acid groups (broad SMARTS) is 1. The van der Waals surface area contributed by atoms with E-state index in [2.05, 4.69) is 4.98 Å². The van der Waals surface area contributed by atoms with Crippen LogP contribution in [0, 0.1) is 0 Å². The van der Waals surface area contributed by atoms with Gasteiger partial charge in [-0.15, -0.1) is 0 Å². The van der Waals surface area contributed by atoms with Crippen LogP contribution in [0.1, 0.15) is 12.8 Å². The van der Waals surface area contributed by atoms with Gasteiger partial charge in [-0.05, 0) is 30.2 Å². The number of amides is 1. The van der Waals surface area contributed by atoms with Crippen LogP contribution in [-0.2, 0) is 19.4 Å². The summed E-state index contributed by atoms with van der Waals surface area (Å²) in [6.07, 6.45) is 0.536. The van der Waals surface area contributed by atoms with E-state index < -0.39 is 21.6 Å². The van der Waals surface area contributed by atoms with Crippen LogP contribution in [-0.4, -0.2) is 47.1 Å². The first-order valence-electron chi connectivity index (χ1n) is 7.73. The quantitative estimate of drug-likeness (QED) is 0.827. The van der Waals surface area contributed by atoms with Gasteiger partial charge in [0.2, 0.25) is 5.91 Å². The first-order valence-corrected chi connectivity index (χ1v) is 9.38. The Balaban J connectivity index is 1.71. The highest BCUT2D eigenvalue weighted by molar-refractivity contribution is 7.91. The van der Waals surface area contributed by atoms with Crippen LogP contribution in [0.3, 0.4) is 0 Å². The molecule has 0 aliphatic carbocycles. The molecule has 3 heterocycles. The third-order valence-electron chi connectivity index (χ3n) is 4.56. The standard InChI is InChI=1S/C17H14N2O5S/c20-15-8-12-7-11(16(17(21)22)19(12)15)9-25(23,24)14-6-5-10-3-1-2-4-13(10)18-14/h1-6,12H,7-9H2,(H,21,22). The maximum absolute atomic E-state index is 12.7. The summed E-state index contributed by atoms with van der Waals surface area (Å²) in [6, 6.07) is 10.0. The van der Waals surface area contributed by atoms with Gasteiger partial charge in [-0.1, -0.05) is 18.2 Å². The Morgan fingerprint density at radius 1 is 1.20 bits per heavy atom. The smallest absolute Gasteiger partial charge is 0.352 e. The topological polar surface area (TPSA) is 105 Å². The molecular formula is C17H14N2O5S. The molecule has 7 nitrogen and oxygen atoms in total. The van der Waals surface area contributed by atoms with Crippen molar-refractivity contribution in [3.63, 3.8) is 0 Å². The summed E-state index contributed by atoms with van der Waals surface area (Å²) in [5.74, 6) is -1.99. The zero-order chi connectivity index (χ0) is 17.8. The minimum atomic E-state index is -3.81. The van der Waals surface area contributed by atoms with Crippen LogP contribution in [0.2, 0.25) is 0 Å². The molecule has 0 saturated carbocycles. The molecule has 1 N–H and O–H groups in total. The number of benzene rings is 1. The van der Waals surface area contributed by atoms with Crippen molar-refractivity contribution >= 4 is 32.6 Å². The van der Waals surface area contributed by atoms with E-state index in [9.17, 15) is 23.1 Å². The molecule has 1 saturated heterocycles. The van der Waals surface area contributed by atoms with Crippen LogP contribution in [0.5, 0.6) is 0 Å². The van der Waals surface area contributed by atoms with E-state index in [1.54, 1.807) is 18.2 Å². The lowest BCUT2D eigenvalue weighted by molar-refractivity contribution is -0.147. The number of carbonyl (C=O) groups excluding carboxylic acids is 1. The molecule has 0 spiro atoms. The average molecular weight is 358 g/mol. The maximum Gasteiger partial charge on any atom is 0.352 e. The Morgan fingerprint density at radius 3 is 2.68 bits per heavy atom. The molecule has 1 fully saturated rings. The minimum Gasteiger partial charge on any atom is -0.477 e. The summed E-state index contributed by atoms with van der Waals surface area (Å²) in [5, 5.41) is 10.1. The van der Waals surface area contributed by atoms with E-state index in [0.717, 1.165) is 5.39 Å². The third kappa shape index (κ3) is 2.49. The lowest BCUT2D eigenvalue weighted by atomic mass is 10.0. The first kappa shape index (κ1) is 15.8. The zero-order valence-corrected chi connectivity index (χ0v) is 13.9. The number of hydrogen-bond acceptors (Lipinski definition) is 5. The second-order valence-electron chi connectivity index (χ2n) is 6.18.